The van der Waals surface area contributed by atoms with Crippen molar-refractivity contribution in [1.82, 2.24) is 14.0 Å². The van der Waals surface area contributed by atoms with E-state index in [9.17, 15) is 13.2 Å². The Morgan fingerprint density at radius 3 is 2.30 bits per heavy atom. The lowest BCUT2D eigenvalue weighted by Gasteiger charge is -2.17. The van der Waals surface area contributed by atoms with Crippen molar-refractivity contribution in [3.8, 4) is 11.3 Å². The van der Waals surface area contributed by atoms with E-state index in [0.717, 1.165) is 5.56 Å². The molecule has 7 heteroatoms. The second-order valence-corrected chi connectivity index (χ2v) is 8.21. The first-order valence-corrected chi connectivity index (χ1v) is 9.82. The molecule has 0 unspecified atom stereocenters. The lowest BCUT2D eigenvalue weighted by Crippen LogP contribution is -2.25. The van der Waals surface area contributed by atoms with Crippen LogP contribution in [0.5, 0.6) is 0 Å². The van der Waals surface area contributed by atoms with Crippen LogP contribution in [-0.4, -0.2) is 22.4 Å². The first-order chi connectivity index (χ1) is 12.9. The summed E-state index contributed by atoms with van der Waals surface area (Å²) < 4.78 is 29.8. The summed E-state index contributed by atoms with van der Waals surface area (Å²) >= 11 is 0. The zero-order valence-electron chi connectivity index (χ0n) is 14.8. The van der Waals surface area contributed by atoms with E-state index >= 15 is 0 Å². The van der Waals surface area contributed by atoms with Gasteiger partial charge in [-0.05, 0) is 19.1 Å². The van der Waals surface area contributed by atoms with Gasteiger partial charge in [-0.3, -0.25) is 9.20 Å². The first kappa shape index (κ1) is 17.2. The van der Waals surface area contributed by atoms with Gasteiger partial charge in [-0.15, -0.1) is 0 Å². The van der Waals surface area contributed by atoms with Gasteiger partial charge >= 0.3 is 0 Å². The lowest BCUT2D eigenvalue weighted by molar-refractivity contribution is 0.588. The molecule has 0 bridgehead atoms. The van der Waals surface area contributed by atoms with Crippen molar-refractivity contribution < 1.29 is 8.42 Å². The van der Waals surface area contributed by atoms with Gasteiger partial charge in [0.1, 0.15) is 11.8 Å². The van der Waals surface area contributed by atoms with Gasteiger partial charge in [-0.1, -0.05) is 48.0 Å². The molecule has 4 rings (SSSR count). The van der Waals surface area contributed by atoms with Gasteiger partial charge in [0.25, 0.3) is 5.56 Å². The minimum Gasteiger partial charge on any atom is -0.307 e. The predicted octanol–water partition coefficient (Wildman–Crippen LogP) is 2.84. The maximum atomic E-state index is 13.6. The molecule has 0 spiro atoms. The van der Waals surface area contributed by atoms with Crippen LogP contribution in [0.2, 0.25) is 0 Å². The van der Waals surface area contributed by atoms with E-state index in [1.165, 1.54) is 21.5 Å². The number of rotatable bonds is 3. The summed E-state index contributed by atoms with van der Waals surface area (Å²) in [6.45, 7) is 1.89. The van der Waals surface area contributed by atoms with Crippen LogP contribution < -0.4 is 5.56 Å². The highest BCUT2D eigenvalue weighted by Crippen LogP contribution is 2.31. The Labute approximate surface area is 156 Å². The van der Waals surface area contributed by atoms with Crippen molar-refractivity contribution in [2.75, 3.05) is 0 Å². The largest absolute Gasteiger partial charge is 0.307 e. The van der Waals surface area contributed by atoms with Crippen LogP contribution in [0.25, 0.3) is 16.8 Å². The van der Waals surface area contributed by atoms with Gasteiger partial charge < -0.3 is 4.57 Å². The molecule has 0 aliphatic heterocycles. The second-order valence-electron chi connectivity index (χ2n) is 6.35. The normalized spacial score (nSPS) is 11.8. The molecule has 0 radical (unpaired) electrons. The van der Waals surface area contributed by atoms with E-state index in [1.807, 2.05) is 13.0 Å². The molecular weight excluding hydrogens is 362 g/mol. The number of nitrogens with zero attached hydrogens (tertiary/aromatic N) is 3. The number of aromatic nitrogens is 3. The number of hydrogen-bond acceptors (Lipinski definition) is 4. The molecule has 2 heterocycles. The number of sulfone groups is 1. The Morgan fingerprint density at radius 2 is 1.63 bits per heavy atom. The Kier molecular flexibility index (Phi) is 3.96. The van der Waals surface area contributed by atoms with E-state index in [1.54, 1.807) is 55.6 Å². The highest BCUT2D eigenvalue weighted by Gasteiger charge is 2.28. The molecule has 6 nitrogen and oxygen atoms in total. The molecule has 136 valence electrons. The maximum Gasteiger partial charge on any atom is 0.276 e. The highest BCUT2D eigenvalue weighted by molar-refractivity contribution is 7.91. The fraction of sp³-hybridized carbons (Fsp3) is 0.100. The average Bonchev–Trinajstić information content (AvgIpc) is 3.15. The summed E-state index contributed by atoms with van der Waals surface area (Å²) in [6, 6.07) is 15.7. The van der Waals surface area contributed by atoms with Crippen LogP contribution in [0.4, 0.5) is 0 Å². The van der Waals surface area contributed by atoms with Crippen LogP contribution in [0.15, 0.2) is 81.8 Å². The Bertz CT molecular complexity index is 1300. The molecule has 2 aromatic carbocycles. The van der Waals surface area contributed by atoms with E-state index in [-0.39, 0.29) is 21.0 Å². The van der Waals surface area contributed by atoms with Crippen molar-refractivity contribution in [3.05, 3.63) is 83.0 Å². The topological polar surface area (TPSA) is 73.4 Å². The summed E-state index contributed by atoms with van der Waals surface area (Å²) in [4.78, 5) is 16.9. The third kappa shape index (κ3) is 2.67. The SMILES string of the molecule is Cc1ccc(S(=O)(=O)c2c(-c3ccccc3)n(C)c(=O)c3cncn23)cc1. The summed E-state index contributed by atoms with van der Waals surface area (Å²) in [6.07, 6.45) is 2.75. The third-order valence-electron chi connectivity index (χ3n) is 4.55. The van der Waals surface area contributed by atoms with E-state index in [2.05, 4.69) is 4.98 Å². The molecule has 0 fully saturated rings. The Hall–Kier alpha value is -3.19. The highest BCUT2D eigenvalue weighted by atomic mass is 32.2. The Morgan fingerprint density at radius 1 is 0.963 bits per heavy atom. The zero-order chi connectivity index (χ0) is 19.2. The fourth-order valence-corrected chi connectivity index (χ4v) is 4.78. The molecule has 27 heavy (non-hydrogen) atoms. The van der Waals surface area contributed by atoms with Crippen molar-refractivity contribution in [1.29, 1.82) is 0 Å². The summed E-state index contributed by atoms with van der Waals surface area (Å²) in [7, 11) is -2.33. The van der Waals surface area contributed by atoms with Crippen molar-refractivity contribution in [2.24, 2.45) is 7.05 Å². The molecule has 0 aliphatic rings. The van der Waals surface area contributed by atoms with Crippen LogP contribution in [0.1, 0.15) is 5.56 Å². The smallest absolute Gasteiger partial charge is 0.276 e. The summed E-state index contributed by atoms with van der Waals surface area (Å²) in [5.41, 5.74) is 1.83. The van der Waals surface area contributed by atoms with Gasteiger partial charge in [-0.25, -0.2) is 13.4 Å². The Balaban J connectivity index is 2.17. The number of benzene rings is 2. The monoisotopic (exact) mass is 379 g/mol. The number of imidazole rings is 1. The standard InChI is InChI=1S/C20H17N3O3S/c1-14-8-10-16(11-9-14)27(25,26)20-18(15-6-4-3-5-7-15)22(2)19(24)17-12-21-13-23(17)20/h3-13H,1-2H3. The minimum absolute atomic E-state index is 0.0205. The van der Waals surface area contributed by atoms with Gasteiger partial charge in [0, 0.05) is 12.6 Å². The molecule has 4 aromatic rings. The van der Waals surface area contributed by atoms with Gasteiger partial charge in [0.2, 0.25) is 9.84 Å². The van der Waals surface area contributed by atoms with Crippen LogP contribution in [-0.2, 0) is 16.9 Å². The number of aryl methyl sites for hydroxylation is 1. The van der Waals surface area contributed by atoms with Crippen molar-refractivity contribution in [2.45, 2.75) is 16.8 Å². The average molecular weight is 379 g/mol. The van der Waals surface area contributed by atoms with Gasteiger partial charge in [-0.2, -0.15) is 0 Å². The van der Waals surface area contributed by atoms with Gasteiger partial charge in [0.15, 0.2) is 5.03 Å². The quantitative estimate of drug-likeness (QED) is 0.549. The summed E-state index contributed by atoms with van der Waals surface area (Å²) in [5, 5.41) is 0.0205. The van der Waals surface area contributed by atoms with Crippen molar-refractivity contribution in [3.63, 3.8) is 0 Å². The molecule has 0 aliphatic carbocycles. The fourth-order valence-electron chi connectivity index (χ4n) is 3.14. The lowest BCUT2D eigenvalue weighted by atomic mass is 10.1. The number of fused-ring (bicyclic) bond motifs is 1. The van der Waals surface area contributed by atoms with E-state index in [0.29, 0.717) is 11.3 Å². The van der Waals surface area contributed by atoms with Crippen LogP contribution in [0, 0.1) is 6.92 Å². The molecule has 0 amide bonds. The molecule has 0 saturated carbocycles. The van der Waals surface area contributed by atoms with E-state index in [4.69, 9.17) is 0 Å². The molecular formula is C20H17N3O3S. The minimum atomic E-state index is -3.91. The molecule has 0 N–H and O–H groups in total. The zero-order valence-corrected chi connectivity index (χ0v) is 15.6. The number of hydrogen-bond donors (Lipinski definition) is 0. The van der Waals surface area contributed by atoms with Crippen molar-refractivity contribution >= 4 is 15.4 Å². The van der Waals surface area contributed by atoms with Crippen LogP contribution in [0.3, 0.4) is 0 Å². The van der Waals surface area contributed by atoms with Crippen LogP contribution >= 0.6 is 0 Å². The second kappa shape index (κ2) is 6.21. The summed E-state index contributed by atoms with van der Waals surface area (Å²) in [5.74, 6) is 0. The third-order valence-corrected chi connectivity index (χ3v) is 6.34. The first-order valence-electron chi connectivity index (χ1n) is 8.33. The van der Waals surface area contributed by atoms with Gasteiger partial charge in [0.05, 0.1) is 16.8 Å². The molecule has 0 atom stereocenters. The maximum absolute atomic E-state index is 13.6. The van der Waals surface area contributed by atoms with E-state index < -0.39 is 9.84 Å². The predicted molar refractivity (Wildman–Crippen MR) is 102 cm³/mol. The molecule has 2 aromatic heterocycles. The molecule has 0 saturated heterocycles.